The molecule has 0 fully saturated rings. The number of nitrogens with zero attached hydrogens (tertiary/aromatic N) is 3. The zero-order valence-electron chi connectivity index (χ0n) is 14.2. The lowest BCUT2D eigenvalue weighted by Gasteiger charge is -2.08. The lowest BCUT2D eigenvalue weighted by molar-refractivity contribution is 0.102. The van der Waals surface area contributed by atoms with E-state index in [1.165, 1.54) is 11.3 Å². The average Bonchev–Trinajstić information content (AvgIpc) is 3.19. The van der Waals surface area contributed by atoms with Crippen molar-refractivity contribution in [2.75, 3.05) is 5.32 Å². The summed E-state index contributed by atoms with van der Waals surface area (Å²) >= 11 is 7.70. The third kappa shape index (κ3) is 2.98. The van der Waals surface area contributed by atoms with E-state index in [0.29, 0.717) is 21.5 Å². The highest BCUT2D eigenvalue weighted by Crippen LogP contribution is 2.31. The molecule has 1 amide bonds. The molecule has 4 rings (SSSR count). The Labute approximate surface area is 159 Å². The number of hydrogen-bond donors (Lipinski definition) is 1. The van der Waals surface area contributed by atoms with Crippen LogP contribution in [0, 0.1) is 13.8 Å². The molecule has 0 atom stereocenters. The summed E-state index contributed by atoms with van der Waals surface area (Å²) in [5, 5.41) is 8.67. The van der Waals surface area contributed by atoms with Crippen LogP contribution in [0.15, 0.2) is 48.5 Å². The summed E-state index contributed by atoms with van der Waals surface area (Å²) in [5.41, 5.74) is 3.07. The lowest BCUT2D eigenvalue weighted by atomic mass is 10.1. The first-order valence-electron chi connectivity index (χ1n) is 8.02. The summed E-state index contributed by atoms with van der Waals surface area (Å²) in [6, 6.07) is 15.0. The Hall–Kier alpha value is -2.70. The first-order chi connectivity index (χ1) is 12.5. The molecule has 0 aliphatic carbocycles. The van der Waals surface area contributed by atoms with E-state index in [4.69, 9.17) is 11.6 Å². The van der Waals surface area contributed by atoms with Gasteiger partial charge in [-0.3, -0.25) is 4.79 Å². The number of aromatic nitrogens is 3. The van der Waals surface area contributed by atoms with E-state index in [9.17, 15) is 4.79 Å². The van der Waals surface area contributed by atoms with Gasteiger partial charge in [0.1, 0.15) is 11.3 Å². The fraction of sp³-hybridized carbons (Fsp3) is 0.105. The Kier molecular flexibility index (Phi) is 4.22. The quantitative estimate of drug-likeness (QED) is 0.542. The Bertz CT molecular complexity index is 1130. The van der Waals surface area contributed by atoms with Crippen molar-refractivity contribution in [3.05, 3.63) is 70.4 Å². The SMILES string of the molecule is Cc1cc(NC(=O)c2ccccc2C)n(-c2nc3c(Cl)cccc3s2)n1. The molecule has 26 heavy (non-hydrogen) atoms. The van der Waals surface area contributed by atoms with Gasteiger partial charge in [0.05, 0.1) is 15.4 Å². The topological polar surface area (TPSA) is 59.8 Å². The summed E-state index contributed by atoms with van der Waals surface area (Å²) in [7, 11) is 0. The van der Waals surface area contributed by atoms with Crippen LogP contribution in [0.4, 0.5) is 5.82 Å². The van der Waals surface area contributed by atoms with Gasteiger partial charge < -0.3 is 5.32 Å². The average molecular weight is 383 g/mol. The predicted molar refractivity (Wildman–Crippen MR) is 106 cm³/mol. The van der Waals surface area contributed by atoms with Gasteiger partial charge in [-0.1, -0.05) is 47.2 Å². The number of benzene rings is 2. The van der Waals surface area contributed by atoms with Gasteiger partial charge in [-0.15, -0.1) is 0 Å². The minimum atomic E-state index is -0.177. The van der Waals surface area contributed by atoms with Crippen LogP contribution in [0.5, 0.6) is 0 Å². The smallest absolute Gasteiger partial charge is 0.257 e. The van der Waals surface area contributed by atoms with Gasteiger partial charge in [-0.25, -0.2) is 4.98 Å². The number of para-hydroxylation sites is 1. The van der Waals surface area contributed by atoms with Crippen molar-refractivity contribution in [3.8, 4) is 5.13 Å². The highest BCUT2D eigenvalue weighted by Gasteiger charge is 2.17. The Balaban J connectivity index is 1.74. The van der Waals surface area contributed by atoms with E-state index in [2.05, 4.69) is 15.4 Å². The van der Waals surface area contributed by atoms with Crippen molar-refractivity contribution in [1.29, 1.82) is 0 Å². The van der Waals surface area contributed by atoms with Crippen LogP contribution >= 0.6 is 22.9 Å². The second-order valence-corrected chi connectivity index (χ2v) is 7.35. The largest absolute Gasteiger partial charge is 0.306 e. The fourth-order valence-corrected chi connectivity index (χ4v) is 3.97. The van der Waals surface area contributed by atoms with Gasteiger partial charge in [-0.05, 0) is 37.6 Å². The molecule has 0 radical (unpaired) electrons. The Morgan fingerprint density at radius 2 is 1.96 bits per heavy atom. The van der Waals surface area contributed by atoms with Crippen LogP contribution in [0.3, 0.4) is 0 Å². The number of fused-ring (bicyclic) bond motifs is 1. The van der Waals surface area contributed by atoms with E-state index in [1.54, 1.807) is 10.7 Å². The number of halogens is 1. The van der Waals surface area contributed by atoms with E-state index in [1.807, 2.05) is 56.3 Å². The van der Waals surface area contributed by atoms with Gasteiger partial charge >= 0.3 is 0 Å². The van der Waals surface area contributed by atoms with Crippen molar-refractivity contribution < 1.29 is 4.79 Å². The third-order valence-electron chi connectivity index (χ3n) is 4.00. The number of anilines is 1. The monoisotopic (exact) mass is 382 g/mol. The van der Waals surface area contributed by atoms with Crippen LogP contribution in [-0.2, 0) is 0 Å². The molecule has 0 unspecified atom stereocenters. The highest BCUT2D eigenvalue weighted by atomic mass is 35.5. The number of hydrogen-bond acceptors (Lipinski definition) is 4. The Morgan fingerprint density at radius 3 is 2.73 bits per heavy atom. The summed E-state index contributed by atoms with van der Waals surface area (Å²) in [5.74, 6) is 0.398. The molecular weight excluding hydrogens is 368 g/mol. The normalized spacial score (nSPS) is 11.0. The van der Waals surface area contributed by atoms with Crippen LogP contribution in [0.25, 0.3) is 15.3 Å². The van der Waals surface area contributed by atoms with Crippen molar-refractivity contribution in [3.63, 3.8) is 0 Å². The maximum absolute atomic E-state index is 12.7. The minimum Gasteiger partial charge on any atom is -0.306 e. The summed E-state index contributed by atoms with van der Waals surface area (Å²) < 4.78 is 2.61. The molecule has 5 nitrogen and oxygen atoms in total. The number of aryl methyl sites for hydroxylation is 2. The molecule has 4 aromatic rings. The molecule has 130 valence electrons. The molecule has 0 saturated heterocycles. The second kappa shape index (κ2) is 6.55. The molecule has 2 aromatic heterocycles. The molecule has 2 aromatic carbocycles. The van der Waals surface area contributed by atoms with Gasteiger partial charge in [0.15, 0.2) is 0 Å². The number of nitrogens with one attached hydrogen (secondary N) is 1. The van der Waals surface area contributed by atoms with Gasteiger partial charge in [0.25, 0.3) is 5.91 Å². The molecule has 0 saturated carbocycles. The van der Waals surface area contributed by atoms with Gasteiger partial charge in [-0.2, -0.15) is 9.78 Å². The molecule has 0 bridgehead atoms. The number of carbonyl (C=O) groups is 1. The van der Waals surface area contributed by atoms with Crippen molar-refractivity contribution >= 4 is 44.9 Å². The highest BCUT2D eigenvalue weighted by molar-refractivity contribution is 7.20. The first-order valence-corrected chi connectivity index (χ1v) is 9.21. The van der Waals surface area contributed by atoms with Crippen molar-refractivity contribution in [1.82, 2.24) is 14.8 Å². The fourth-order valence-electron chi connectivity index (χ4n) is 2.74. The van der Waals surface area contributed by atoms with E-state index >= 15 is 0 Å². The van der Waals surface area contributed by atoms with E-state index in [0.717, 1.165) is 21.5 Å². The number of carbonyl (C=O) groups excluding carboxylic acids is 1. The van der Waals surface area contributed by atoms with Gasteiger partial charge in [0.2, 0.25) is 5.13 Å². The predicted octanol–water partition coefficient (Wildman–Crippen LogP) is 5.00. The standard InChI is InChI=1S/C19H15ClN4OS/c1-11-6-3-4-7-13(11)18(25)21-16-10-12(2)23-24(16)19-22-17-14(20)8-5-9-15(17)26-19/h3-10H,1-2H3,(H,21,25). The molecule has 0 aliphatic heterocycles. The molecule has 2 heterocycles. The maximum Gasteiger partial charge on any atom is 0.257 e. The molecule has 1 N–H and O–H groups in total. The molecule has 7 heteroatoms. The molecule has 0 aliphatic rings. The van der Waals surface area contributed by atoms with Crippen LogP contribution < -0.4 is 5.32 Å². The number of rotatable bonds is 3. The minimum absolute atomic E-state index is 0.177. The summed E-state index contributed by atoms with van der Waals surface area (Å²) in [6.07, 6.45) is 0. The lowest BCUT2D eigenvalue weighted by Crippen LogP contribution is -2.16. The van der Waals surface area contributed by atoms with Crippen molar-refractivity contribution in [2.45, 2.75) is 13.8 Å². The van der Waals surface area contributed by atoms with E-state index < -0.39 is 0 Å². The number of amides is 1. The zero-order valence-corrected chi connectivity index (χ0v) is 15.7. The maximum atomic E-state index is 12.7. The molecule has 0 spiro atoms. The second-order valence-electron chi connectivity index (χ2n) is 5.93. The van der Waals surface area contributed by atoms with E-state index in [-0.39, 0.29) is 5.91 Å². The summed E-state index contributed by atoms with van der Waals surface area (Å²) in [6.45, 7) is 3.78. The number of thiazole rings is 1. The molecular formula is C19H15ClN4OS. The van der Waals surface area contributed by atoms with Gasteiger partial charge in [0, 0.05) is 11.6 Å². The van der Waals surface area contributed by atoms with Crippen molar-refractivity contribution in [2.24, 2.45) is 0 Å². The zero-order chi connectivity index (χ0) is 18.3. The van der Waals surface area contributed by atoms with Crippen LogP contribution in [0.1, 0.15) is 21.6 Å². The Morgan fingerprint density at radius 1 is 1.15 bits per heavy atom. The van der Waals surface area contributed by atoms with Crippen LogP contribution in [-0.4, -0.2) is 20.7 Å². The third-order valence-corrected chi connectivity index (χ3v) is 5.30. The summed E-state index contributed by atoms with van der Waals surface area (Å²) in [4.78, 5) is 17.3. The first kappa shape index (κ1) is 16.8. The van der Waals surface area contributed by atoms with Crippen LogP contribution in [0.2, 0.25) is 5.02 Å².